The van der Waals surface area contributed by atoms with Gasteiger partial charge in [-0.05, 0) is 44.3 Å². The summed E-state index contributed by atoms with van der Waals surface area (Å²) in [4.78, 5) is 43.8. The molecule has 2 aromatic rings. The van der Waals surface area contributed by atoms with E-state index in [2.05, 4.69) is 16.8 Å². The minimum Gasteiger partial charge on any atom is -0.423 e. The lowest BCUT2D eigenvalue weighted by atomic mass is 10.1. The smallest absolute Gasteiger partial charge is 0.343 e. The molecule has 0 saturated carbocycles. The number of carbonyl (C=O) groups excluding carboxylic acids is 3. The molecule has 7 heteroatoms. The number of piperazine rings is 1. The number of hydrogen-bond acceptors (Lipinski definition) is 6. The number of imide groups is 1. The Morgan fingerprint density at radius 1 is 0.900 bits per heavy atom. The molecule has 0 atom stereocenters. The molecule has 4 rings (SSSR count). The molecule has 2 aliphatic rings. The van der Waals surface area contributed by atoms with Crippen LogP contribution in [0.1, 0.15) is 36.6 Å². The summed E-state index contributed by atoms with van der Waals surface area (Å²) in [5.41, 5.74) is 1.91. The molecule has 0 bridgehead atoms. The maximum atomic E-state index is 12.8. The predicted molar refractivity (Wildman–Crippen MR) is 112 cm³/mol. The van der Waals surface area contributed by atoms with E-state index in [0.717, 1.165) is 31.7 Å². The van der Waals surface area contributed by atoms with Crippen molar-refractivity contribution in [1.82, 2.24) is 14.7 Å². The molecule has 1 fully saturated rings. The molecule has 2 amide bonds. The summed E-state index contributed by atoms with van der Waals surface area (Å²) in [6.45, 7) is 6.76. The summed E-state index contributed by atoms with van der Waals surface area (Å²) >= 11 is 0. The quantitative estimate of drug-likeness (QED) is 0.429. The number of aryl methyl sites for hydroxylation is 1. The number of benzene rings is 2. The molecule has 0 spiro atoms. The highest BCUT2D eigenvalue weighted by atomic mass is 16.5. The number of esters is 1. The lowest BCUT2D eigenvalue weighted by Gasteiger charge is -2.33. The third-order valence-corrected chi connectivity index (χ3v) is 5.67. The van der Waals surface area contributed by atoms with Crippen molar-refractivity contribution in [3.05, 3.63) is 64.7 Å². The molecule has 7 nitrogen and oxygen atoms in total. The number of nitrogens with zero attached hydrogens (tertiary/aromatic N) is 3. The second-order valence-electron chi connectivity index (χ2n) is 7.87. The zero-order chi connectivity index (χ0) is 21.3. The van der Waals surface area contributed by atoms with Gasteiger partial charge in [-0.1, -0.05) is 17.7 Å². The predicted octanol–water partition coefficient (Wildman–Crippen LogP) is 2.06. The molecule has 0 aromatic heterocycles. The normalized spacial score (nSPS) is 17.3. The minimum absolute atomic E-state index is 0.247. The molecular formula is C23H25N3O4. The van der Waals surface area contributed by atoms with Gasteiger partial charge in [0.05, 0.1) is 16.7 Å². The Balaban J connectivity index is 1.43. The van der Waals surface area contributed by atoms with Gasteiger partial charge in [-0.2, -0.15) is 0 Å². The highest BCUT2D eigenvalue weighted by molar-refractivity contribution is 6.22. The molecule has 2 aliphatic heterocycles. The number of fused-ring (bicyclic) bond motifs is 1. The summed E-state index contributed by atoms with van der Waals surface area (Å²) in [6, 6.07) is 11.7. The second kappa shape index (κ2) is 8.38. The largest absolute Gasteiger partial charge is 0.423 e. The molecule has 0 N–H and O–H groups in total. The lowest BCUT2D eigenvalue weighted by Crippen LogP contribution is -2.47. The van der Waals surface area contributed by atoms with Crippen molar-refractivity contribution in [3.8, 4) is 5.75 Å². The van der Waals surface area contributed by atoms with Gasteiger partial charge < -0.3 is 9.64 Å². The van der Waals surface area contributed by atoms with E-state index in [1.165, 1.54) is 23.1 Å². The molecule has 1 saturated heterocycles. The van der Waals surface area contributed by atoms with Crippen LogP contribution in [0.25, 0.3) is 0 Å². The van der Waals surface area contributed by atoms with E-state index >= 15 is 0 Å². The molecule has 2 aromatic carbocycles. The van der Waals surface area contributed by atoms with E-state index in [9.17, 15) is 14.4 Å². The van der Waals surface area contributed by atoms with Gasteiger partial charge in [-0.25, -0.2) is 4.79 Å². The van der Waals surface area contributed by atoms with Crippen LogP contribution in [0.2, 0.25) is 0 Å². The van der Waals surface area contributed by atoms with E-state index in [4.69, 9.17) is 4.74 Å². The molecule has 156 valence electrons. The Kier molecular flexibility index (Phi) is 5.65. The van der Waals surface area contributed by atoms with Crippen LogP contribution >= 0.6 is 0 Å². The monoisotopic (exact) mass is 407 g/mol. The fraction of sp³-hybridized carbons (Fsp3) is 0.348. The van der Waals surface area contributed by atoms with Crippen molar-refractivity contribution in [2.24, 2.45) is 0 Å². The molecule has 0 unspecified atom stereocenters. The summed E-state index contributed by atoms with van der Waals surface area (Å²) in [7, 11) is 2.09. The Bertz CT molecular complexity index is 978. The Hall–Kier alpha value is -3.03. The second-order valence-corrected chi connectivity index (χ2v) is 7.87. The third-order valence-electron chi connectivity index (χ3n) is 5.67. The average molecular weight is 407 g/mol. The molecule has 0 radical (unpaired) electrons. The number of likely N-dealkylation sites (N-methyl/N-ethyl adjacent to an activating group) is 1. The van der Waals surface area contributed by atoms with Gasteiger partial charge in [-0.15, -0.1) is 0 Å². The van der Waals surface area contributed by atoms with Crippen LogP contribution in [0.4, 0.5) is 0 Å². The van der Waals surface area contributed by atoms with E-state index < -0.39 is 5.97 Å². The number of amides is 2. The number of hydrogen-bond donors (Lipinski definition) is 0. The SMILES string of the molecule is Cc1ccc(OC(=O)c2ccc3c(c2)C(=O)N(CCN2CCN(C)CC2)C3=O)cc1. The van der Waals surface area contributed by atoms with Crippen LogP contribution in [-0.4, -0.2) is 78.8 Å². The van der Waals surface area contributed by atoms with Gasteiger partial charge >= 0.3 is 5.97 Å². The summed E-state index contributed by atoms with van der Waals surface area (Å²) in [5.74, 6) is -0.781. The first-order valence-electron chi connectivity index (χ1n) is 10.1. The van der Waals surface area contributed by atoms with Crippen molar-refractivity contribution in [2.45, 2.75) is 6.92 Å². The van der Waals surface area contributed by atoms with Gasteiger partial charge in [0.25, 0.3) is 11.8 Å². The zero-order valence-corrected chi connectivity index (χ0v) is 17.3. The Labute approximate surface area is 175 Å². The van der Waals surface area contributed by atoms with Crippen molar-refractivity contribution >= 4 is 17.8 Å². The topological polar surface area (TPSA) is 70.2 Å². The van der Waals surface area contributed by atoms with Crippen LogP contribution in [0, 0.1) is 6.92 Å². The Morgan fingerprint density at radius 3 is 2.27 bits per heavy atom. The summed E-state index contributed by atoms with van der Waals surface area (Å²) in [6.07, 6.45) is 0. The number of carbonyl (C=O) groups is 3. The standard InChI is InChI=1S/C23H25N3O4/c1-16-3-6-18(7-4-16)30-23(29)17-5-8-19-20(15-17)22(28)26(21(19)27)14-13-25-11-9-24(2)10-12-25/h3-8,15H,9-14H2,1-2H3. The highest BCUT2D eigenvalue weighted by Gasteiger charge is 2.36. The van der Waals surface area contributed by atoms with Crippen molar-refractivity contribution in [1.29, 1.82) is 0 Å². The van der Waals surface area contributed by atoms with E-state index in [-0.39, 0.29) is 22.9 Å². The van der Waals surface area contributed by atoms with Crippen LogP contribution in [0.5, 0.6) is 5.75 Å². The average Bonchev–Trinajstić information content (AvgIpc) is 2.99. The van der Waals surface area contributed by atoms with Gasteiger partial charge in [0.2, 0.25) is 0 Å². The van der Waals surface area contributed by atoms with Crippen LogP contribution in [0.3, 0.4) is 0 Å². The van der Waals surface area contributed by atoms with Crippen LogP contribution < -0.4 is 4.74 Å². The molecule has 30 heavy (non-hydrogen) atoms. The van der Waals surface area contributed by atoms with Crippen molar-refractivity contribution in [2.75, 3.05) is 46.3 Å². The van der Waals surface area contributed by atoms with E-state index in [1.807, 2.05) is 19.1 Å². The maximum Gasteiger partial charge on any atom is 0.343 e. The van der Waals surface area contributed by atoms with Crippen LogP contribution in [-0.2, 0) is 0 Å². The van der Waals surface area contributed by atoms with E-state index in [0.29, 0.717) is 24.4 Å². The lowest BCUT2D eigenvalue weighted by molar-refractivity contribution is 0.0620. The number of rotatable bonds is 5. The zero-order valence-electron chi connectivity index (χ0n) is 17.3. The van der Waals surface area contributed by atoms with Gasteiger partial charge in [0.1, 0.15) is 5.75 Å². The van der Waals surface area contributed by atoms with Gasteiger partial charge in [-0.3, -0.25) is 19.4 Å². The molecular weight excluding hydrogens is 382 g/mol. The van der Waals surface area contributed by atoms with Crippen molar-refractivity contribution < 1.29 is 19.1 Å². The summed E-state index contributed by atoms with van der Waals surface area (Å²) < 4.78 is 5.38. The fourth-order valence-corrected chi connectivity index (χ4v) is 3.71. The first-order chi connectivity index (χ1) is 14.4. The van der Waals surface area contributed by atoms with Gasteiger partial charge in [0.15, 0.2) is 0 Å². The van der Waals surface area contributed by atoms with E-state index in [1.54, 1.807) is 12.1 Å². The maximum absolute atomic E-state index is 12.8. The molecule has 0 aliphatic carbocycles. The third kappa shape index (κ3) is 4.13. The Morgan fingerprint density at radius 2 is 1.57 bits per heavy atom. The minimum atomic E-state index is -0.558. The van der Waals surface area contributed by atoms with Crippen LogP contribution in [0.15, 0.2) is 42.5 Å². The van der Waals surface area contributed by atoms with Crippen molar-refractivity contribution in [3.63, 3.8) is 0 Å². The first kappa shape index (κ1) is 20.3. The first-order valence-corrected chi connectivity index (χ1v) is 10.1. The van der Waals surface area contributed by atoms with Gasteiger partial charge in [0, 0.05) is 39.3 Å². The summed E-state index contributed by atoms with van der Waals surface area (Å²) in [5, 5.41) is 0. The molecule has 2 heterocycles. The highest BCUT2D eigenvalue weighted by Crippen LogP contribution is 2.25. The number of ether oxygens (including phenoxy) is 1. The fourth-order valence-electron chi connectivity index (χ4n) is 3.71.